The molecule has 0 spiro atoms. The van der Waals surface area contributed by atoms with Crippen LogP contribution in [0, 0.1) is 0 Å². The molecule has 218 valence electrons. The zero-order valence-electron chi connectivity index (χ0n) is 21.8. The maximum absolute atomic E-state index is 13.1. The number of fused-ring (bicyclic) bond motifs is 1. The number of carboxylic acids is 1. The Morgan fingerprint density at radius 1 is 1.37 bits per heavy atom. The minimum absolute atomic E-state index is 0.109. The molecule has 0 aliphatic carbocycles. The van der Waals surface area contributed by atoms with E-state index in [0.29, 0.717) is 11.3 Å². The molecule has 2 aromatic rings. The van der Waals surface area contributed by atoms with Crippen LogP contribution in [-0.4, -0.2) is 94.2 Å². The third-order valence-corrected chi connectivity index (χ3v) is 9.04. The second-order valence-electron chi connectivity index (χ2n) is 8.50. The summed E-state index contributed by atoms with van der Waals surface area (Å²) in [6.45, 7) is 0.109. The number of nitrogens with zero attached hydrogens (tertiary/aromatic N) is 4. The maximum Gasteiger partial charge on any atom is 0.352 e. The van der Waals surface area contributed by atoms with Gasteiger partial charge in [-0.1, -0.05) is 9.83 Å². The number of nitrogen functional groups attached to an aromatic ring is 1. The molecule has 0 unspecified atom stereocenters. The number of aromatic nitrogens is 2. The molecule has 2 amide bonds. The number of esters is 1. The first-order valence-corrected chi connectivity index (χ1v) is 14.8. The SMILES string of the molecule is CO/N=C(\C(=O)N[C@@H]1C(=O)N2C(C(=O)O)=C(CSc3cccc[n+]3NC[C@H](N)C(=O)OC)CS[C@H]12)c1csc(N)n1. The van der Waals surface area contributed by atoms with Crippen LogP contribution >= 0.6 is 34.9 Å². The van der Waals surface area contributed by atoms with Crippen molar-refractivity contribution in [3.63, 3.8) is 0 Å². The summed E-state index contributed by atoms with van der Waals surface area (Å²) in [5, 5.41) is 18.2. The monoisotopic (exact) mass is 623 g/mol. The van der Waals surface area contributed by atoms with Crippen molar-refractivity contribution in [1.29, 1.82) is 0 Å². The second-order valence-corrected chi connectivity index (χ2v) is 11.5. The van der Waals surface area contributed by atoms with Crippen molar-refractivity contribution in [2.75, 3.05) is 43.4 Å². The van der Waals surface area contributed by atoms with Crippen LogP contribution < -0.4 is 26.9 Å². The van der Waals surface area contributed by atoms with E-state index in [-0.39, 0.29) is 34.5 Å². The van der Waals surface area contributed by atoms with Gasteiger partial charge in [-0.2, -0.15) is 5.43 Å². The Balaban J connectivity index is 1.45. The number of carbonyl (C=O) groups is 4. The highest BCUT2D eigenvalue weighted by Gasteiger charge is 2.54. The molecule has 4 heterocycles. The predicted molar refractivity (Wildman–Crippen MR) is 151 cm³/mol. The van der Waals surface area contributed by atoms with Crippen LogP contribution in [0.25, 0.3) is 0 Å². The molecule has 0 saturated carbocycles. The Hall–Kier alpha value is -3.87. The van der Waals surface area contributed by atoms with Gasteiger partial charge in [0.1, 0.15) is 36.0 Å². The van der Waals surface area contributed by atoms with Gasteiger partial charge in [-0.3, -0.25) is 19.3 Å². The molecule has 1 fully saturated rings. The number of amides is 2. The maximum atomic E-state index is 13.1. The molecule has 41 heavy (non-hydrogen) atoms. The van der Waals surface area contributed by atoms with Crippen molar-refractivity contribution >= 4 is 69.5 Å². The Kier molecular flexibility index (Phi) is 9.69. The van der Waals surface area contributed by atoms with Gasteiger partial charge in [0.15, 0.2) is 10.8 Å². The van der Waals surface area contributed by atoms with Gasteiger partial charge in [0.05, 0.1) is 13.7 Å². The number of nitrogens with two attached hydrogens (primary N) is 2. The quantitative estimate of drug-likeness (QED) is 0.0476. The number of carboxylic acid groups (broad SMARTS) is 1. The molecule has 2 aliphatic rings. The number of thioether (sulfide) groups is 2. The Labute approximate surface area is 246 Å². The number of aliphatic carboxylic acids is 1. The number of oxime groups is 1. The van der Waals surface area contributed by atoms with E-state index in [1.54, 1.807) is 16.9 Å². The van der Waals surface area contributed by atoms with Gasteiger partial charge < -0.3 is 31.5 Å². The fraction of sp³-hybridized carbons (Fsp3) is 0.348. The molecule has 0 aromatic carbocycles. The first-order valence-electron chi connectivity index (χ1n) is 11.9. The molecule has 2 aliphatic heterocycles. The van der Waals surface area contributed by atoms with Crippen molar-refractivity contribution in [1.82, 2.24) is 15.2 Å². The van der Waals surface area contributed by atoms with E-state index in [0.717, 1.165) is 16.4 Å². The van der Waals surface area contributed by atoms with Gasteiger partial charge in [0.25, 0.3) is 16.8 Å². The zero-order chi connectivity index (χ0) is 29.7. The fourth-order valence-corrected chi connectivity index (χ4v) is 6.99. The lowest BCUT2D eigenvalue weighted by Crippen LogP contribution is -2.71. The summed E-state index contributed by atoms with van der Waals surface area (Å²) in [4.78, 5) is 59.9. The Morgan fingerprint density at radius 3 is 2.80 bits per heavy atom. The molecule has 0 bridgehead atoms. The van der Waals surface area contributed by atoms with Crippen LogP contribution in [0.4, 0.5) is 5.13 Å². The van der Waals surface area contributed by atoms with Gasteiger partial charge in [-0.15, -0.1) is 23.1 Å². The molecule has 1 saturated heterocycles. The second kappa shape index (κ2) is 13.2. The third kappa shape index (κ3) is 6.55. The lowest BCUT2D eigenvalue weighted by Gasteiger charge is -2.49. The molecule has 7 N–H and O–H groups in total. The van der Waals surface area contributed by atoms with E-state index < -0.39 is 41.2 Å². The third-order valence-electron chi connectivity index (χ3n) is 5.90. The summed E-state index contributed by atoms with van der Waals surface area (Å²) < 4.78 is 6.31. The van der Waals surface area contributed by atoms with Crippen molar-refractivity contribution < 1.29 is 38.5 Å². The average Bonchev–Trinajstić information content (AvgIpc) is 3.40. The number of thiazole rings is 1. The van der Waals surface area contributed by atoms with Crippen LogP contribution in [0.5, 0.6) is 0 Å². The van der Waals surface area contributed by atoms with Crippen LogP contribution in [-0.2, 0) is 28.8 Å². The van der Waals surface area contributed by atoms with E-state index in [1.165, 1.54) is 48.0 Å². The molecule has 15 nitrogen and oxygen atoms in total. The zero-order valence-corrected chi connectivity index (χ0v) is 24.3. The minimum atomic E-state index is -1.24. The van der Waals surface area contributed by atoms with E-state index >= 15 is 0 Å². The smallest absolute Gasteiger partial charge is 0.352 e. The lowest BCUT2D eigenvalue weighted by molar-refractivity contribution is -0.688. The average molecular weight is 624 g/mol. The van der Waals surface area contributed by atoms with Crippen molar-refractivity contribution in [3.8, 4) is 0 Å². The number of anilines is 1. The molecule has 18 heteroatoms. The minimum Gasteiger partial charge on any atom is -0.477 e. The van der Waals surface area contributed by atoms with Crippen LogP contribution in [0.3, 0.4) is 0 Å². The molecule has 0 radical (unpaired) electrons. The number of hydrogen-bond acceptors (Lipinski definition) is 14. The summed E-state index contributed by atoms with van der Waals surface area (Å²) >= 11 is 3.80. The Bertz CT molecular complexity index is 1420. The van der Waals surface area contributed by atoms with Gasteiger partial charge in [-0.25, -0.2) is 9.78 Å². The number of methoxy groups -OCH3 is 1. The van der Waals surface area contributed by atoms with Crippen molar-refractivity contribution in [2.45, 2.75) is 22.5 Å². The number of nitrogens with one attached hydrogen (secondary N) is 2. The van der Waals surface area contributed by atoms with Crippen LogP contribution in [0.2, 0.25) is 0 Å². The largest absolute Gasteiger partial charge is 0.477 e. The van der Waals surface area contributed by atoms with Crippen LogP contribution in [0.15, 0.2) is 51.2 Å². The molecule has 4 rings (SSSR count). The van der Waals surface area contributed by atoms with E-state index in [2.05, 4.69) is 25.6 Å². The van der Waals surface area contributed by atoms with E-state index in [9.17, 15) is 24.3 Å². The topological polar surface area (TPSA) is 215 Å². The number of carbonyl (C=O) groups excluding carboxylic acids is 3. The summed E-state index contributed by atoms with van der Waals surface area (Å²) in [6, 6.07) is 3.57. The van der Waals surface area contributed by atoms with E-state index in [4.69, 9.17) is 16.3 Å². The highest BCUT2D eigenvalue weighted by Crippen LogP contribution is 2.41. The van der Waals surface area contributed by atoms with Gasteiger partial charge in [0.2, 0.25) is 6.20 Å². The number of hydrogen-bond donors (Lipinski definition) is 5. The number of ether oxygens (including phenoxy) is 1. The summed E-state index contributed by atoms with van der Waals surface area (Å²) in [5.41, 5.74) is 15.0. The predicted octanol–water partition coefficient (Wildman–Crippen LogP) is -1.06. The van der Waals surface area contributed by atoms with E-state index in [1.807, 2.05) is 12.1 Å². The number of β-lactam (4-membered cyclic amide) rings is 1. The van der Waals surface area contributed by atoms with Crippen molar-refractivity contribution in [3.05, 3.63) is 46.7 Å². The molecular formula is C23H27N8O7S3+. The lowest BCUT2D eigenvalue weighted by atomic mass is 10.0. The normalized spacial score (nSPS) is 19.1. The highest BCUT2D eigenvalue weighted by atomic mass is 32.2. The number of rotatable bonds is 12. The summed E-state index contributed by atoms with van der Waals surface area (Å²) in [7, 11) is 2.52. The fourth-order valence-electron chi connectivity index (χ4n) is 3.96. The number of pyridine rings is 1. The molecule has 2 aromatic heterocycles. The van der Waals surface area contributed by atoms with Gasteiger partial charge in [0, 0.05) is 29.0 Å². The first kappa shape index (κ1) is 30.1. The highest BCUT2D eigenvalue weighted by molar-refractivity contribution is 8.01. The Morgan fingerprint density at radius 2 is 2.15 bits per heavy atom. The first-order chi connectivity index (χ1) is 19.7. The summed E-state index contributed by atoms with van der Waals surface area (Å²) in [6.07, 6.45) is 1.73. The molecule has 3 atom stereocenters. The van der Waals surface area contributed by atoms with Crippen molar-refractivity contribution in [2.24, 2.45) is 10.9 Å². The van der Waals surface area contributed by atoms with Crippen LogP contribution in [0.1, 0.15) is 5.69 Å². The molecular weight excluding hydrogens is 597 g/mol. The standard InChI is InChI=1S/C23H26N8O7S3/c1-37-22(36)12(24)7-26-30-6-4-3-5-14(30)39-8-11-9-40-20-16(19(33)31(20)17(11)21(34)35)28-18(32)15(29-38-2)13-10-41-23(25)27-13/h3-6,10,12,16,20,26H,7-9,24H2,1-2H3,(H3-,25,27,28,32,34,35)/p+1/b29-15-/t12-,16+,20+/m0/s1. The van der Waals surface area contributed by atoms with Gasteiger partial charge >= 0.3 is 11.9 Å². The van der Waals surface area contributed by atoms with Gasteiger partial charge in [-0.05, 0) is 23.4 Å². The summed E-state index contributed by atoms with van der Waals surface area (Å²) in [5.74, 6) is -2.47.